The number of hydrogen-bond acceptors (Lipinski definition) is 4. The molecular weight excluding hydrogens is 318 g/mol. The van der Waals surface area contributed by atoms with Gasteiger partial charge in [0.25, 0.3) is 5.91 Å². The van der Waals surface area contributed by atoms with Crippen LogP contribution in [0.25, 0.3) is 0 Å². The zero-order chi connectivity index (χ0) is 16.4. The predicted molar refractivity (Wildman–Crippen MR) is 87.7 cm³/mol. The van der Waals surface area contributed by atoms with Crippen LogP contribution in [-0.2, 0) is 11.3 Å². The maximum absolute atomic E-state index is 12.5. The second kappa shape index (κ2) is 6.38. The van der Waals surface area contributed by atoms with Crippen molar-refractivity contribution in [1.82, 2.24) is 0 Å². The van der Waals surface area contributed by atoms with Crippen LogP contribution in [0.2, 0.25) is 5.02 Å². The van der Waals surface area contributed by atoms with E-state index in [0.717, 1.165) is 11.3 Å². The van der Waals surface area contributed by atoms with Gasteiger partial charge in [0.15, 0.2) is 18.1 Å². The lowest BCUT2D eigenvalue weighted by molar-refractivity contribution is -0.120. The number of methoxy groups -OCH3 is 2. The minimum atomic E-state index is -0.146. The van der Waals surface area contributed by atoms with Crippen molar-refractivity contribution < 1.29 is 19.0 Å². The summed E-state index contributed by atoms with van der Waals surface area (Å²) in [5.74, 6) is 1.61. The van der Waals surface area contributed by atoms with Gasteiger partial charge < -0.3 is 19.1 Å². The summed E-state index contributed by atoms with van der Waals surface area (Å²) in [5, 5.41) is 0.532. The van der Waals surface area contributed by atoms with Crippen molar-refractivity contribution in [3.63, 3.8) is 0 Å². The van der Waals surface area contributed by atoms with Gasteiger partial charge in [0.05, 0.1) is 20.8 Å². The number of carbonyl (C=O) groups is 1. The maximum atomic E-state index is 12.5. The molecule has 0 aromatic heterocycles. The van der Waals surface area contributed by atoms with Crippen LogP contribution in [0.4, 0.5) is 5.69 Å². The number of fused-ring (bicyclic) bond motifs is 1. The SMILES string of the molecule is COc1cccc(N2Cc3cc(Cl)cc(OC)c3OCC2=O)c1. The Morgan fingerprint density at radius 1 is 1.17 bits per heavy atom. The van der Waals surface area contributed by atoms with Crippen molar-refractivity contribution in [2.75, 3.05) is 25.7 Å². The molecule has 0 radical (unpaired) electrons. The molecule has 0 unspecified atom stereocenters. The third-order valence-electron chi connectivity index (χ3n) is 3.65. The lowest BCUT2D eigenvalue weighted by atomic mass is 10.1. The first kappa shape index (κ1) is 15.5. The molecule has 1 aliphatic heterocycles. The molecule has 2 aromatic rings. The number of anilines is 1. The van der Waals surface area contributed by atoms with Crippen molar-refractivity contribution in [1.29, 1.82) is 0 Å². The minimum Gasteiger partial charge on any atom is -0.497 e. The summed E-state index contributed by atoms with van der Waals surface area (Å²) in [5.41, 5.74) is 1.53. The number of rotatable bonds is 3. The molecule has 2 aromatic carbocycles. The van der Waals surface area contributed by atoms with E-state index in [1.807, 2.05) is 24.3 Å². The average Bonchev–Trinajstić information content (AvgIpc) is 2.73. The van der Waals surface area contributed by atoms with E-state index in [0.29, 0.717) is 28.8 Å². The fourth-order valence-electron chi connectivity index (χ4n) is 2.54. The normalized spacial score (nSPS) is 13.9. The van der Waals surface area contributed by atoms with Crippen LogP contribution < -0.4 is 19.1 Å². The molecule has 0 N–H and O–H groups in total. The number of halogens is 1. The monoisotopic (exact) mass is 333 g/mol. The molecular formula is C17H16ClNO4. The minimum absolute atomic E-state index is 0.0673. The van der Waals surface area contributed by atoms with Crippen LogP contribution in [0.1, 0.15) is 5.56 Å². The quantitative estimate of drug-likeness (QED) is 0.865. The average molecular weight is 334 g/mol. The summed E-state index contributed by atoms with van der Waals surface area (Å²) in [6.45, 7) is 0.278. The smallest absolute Gasteiger partial charge is 0.265 e. The number of nitrogens with zero attached hydrogens (tertiary/aromatic N) is 1. The molecule has 3 rings (SSSR count). The van der Waals surface area contributed by atoms with Gasteiger partial charge in [0.2, 0.25) is 0 Å². The molecule has 0 saturated carbocycles. The highest BCUT2D eigenvalue weighted by Gasteiger charge is 2.25. The molecule has 6 heteroatoms. The van der Waals surface area contributed by atoms with Crippen molar-refractivity contribution >= 4 is 23.2 Å². The first-order valence-corrected chi connectivity index (χ1v) is 7.44. The topological polar surface area (TPSA) is 48.0 Å². The highest BCUT2D eigenvalue weighted by atomic mass is 35.5. The molecule has 0 bridgehead atoms. The van der Waals surface area contributed by atoms with Crippen LogP contribution in [-0.4, -0.2) is 26.7 Å². The van der Waals surface area contributed by atoms with E-state index in [2.05, 4.69) is 0 Å². The summed E-state index contributed by atoms with van der Waals surface area (Å²) < 4.78 is 16.2. The van der Waals surface area contributed by atoms with E-state index >= 15 is 0 Å². The Hall–Kier alpha value is -2.40. The molecule has 0 spiro atoms. The molecule has 23 heavy (non-hydrogen) atoms. The Morgan fingerprint density at radius 3 is 2.74 bits per heavy atom. The lowest BCUT2D eigenvalue weighted by Crippen LogP contribution is -2.32. The van der Waals surface area contributed by atoms with E-state index in [-0.39, 0.29) is 12.5 Å². The predicted octanol–water partition coefficient (Wildman–Crippen LogP) is 3.28. The van der Waals surface area contributed by atoms with Gasteiger partial charge in [0.1, 0.15) is 5.75 Å². The number of benzene rings is 2. The summed E-state index contributed by atoms with van der Waals surface area (Å²) in [7, 11) is 3.13. The number of hydrogen-bond donors (Lipinski definition) is 0. The van der Waals surface area contributed by atoms with E-state index in [4.69, 9.17) is 25.8 Å². The van der Waals surface area contributed by atoms with Crippen molar-refractivity contribution in [2.45, 2.75) is 6.54 Å². The number of ether oxygens (including phenoxy) is 3. The van der Waals surface area contributed by atoms with Gasteiger partial charge >= 0.3 is 0 Å². The van der Waals surface area contributed by atoms with Gasteiger partial charge in [-0.1, -0.05) is 17.7 Å². The Kier molecular flexibility index (Phi) is 4.30. The van der Waals surface area contributed by atoms with Gasteiger partial charge in [-0.25, -0.2) is 0 Å². The van der Waals surface area contributed by atoms with Crippen LogP contribution in [0, 0.1) is 0 Å². The molecule has 0 saturated heterocycles. The molecule has 0 fully saturated rings. The highest BCUT2D eigenvalue weighted by Crippen LogP contribution is 2.38. The molecule has 120 valence electrons. The van der Waals surface area contributed by atoms with Gasteiger partial charge in [-0.15, -0.1) is 0 Å². The Balaban J connectivity index is 2.03. The Bertz CT molecular complexity index is 747. The summed E-state index contributed by atoms with van der Waals surface area (Å²) >= 11 is 6.13. The molecule has 0 atom stereocenters. The molecule has 5 nitrogen and oxygen atoms in total. The fourth-order valence-corrected chi connectivity index (χ4v) is 2.77. The molecule has 1 aliphatic rings. The standard InChI is InChI=1S/C17H16ClNO4/c1-21-14-5-3-4-13(8-14)19-9-11-6-12(18)7-15(22-2)17(11)23-10-16(19)20/h3-8H,9-10H2,1-2H3. The van der Waals surface area contributed by atoms with Crippen LogP contribution in [0.3, 0.4) is 0 Å². The van der Waals surface area contributed by atoms with Crippen LogP contribution in [0.15, 0.2) is 36.4 Å². The van der Waals surface area contributed by atoms with Gasteiger partial charge in [-0.2, -0.15) is 0 Å². The fraction of sp³-hybridized carbons (Fsp3) is 0.235. The van der Waals surface area contributed by atoms with Crippen molar-refractivity contribution in [2.24, 2.45) is 0 Å². The van der Waals surface area contributed by atoms with Gasteiger partial charge in [0, 0.05) is 28.4 Å². The second-order valence-corrected chi connectivity index (χ2v) is 5.50. The summed E-state index contributed by atoms with van der Waals surface area (Å²) in [4.78, 5) is 14.1. The van der Waals surface area contributed by atoms with Crippen LogP contribution in [0.5, 0.6) is 17.2 Å². The van der Waals surface area contributed by atoms with E-state index in [1.165, 1.54) is 0 Å². The largest absolute Gasteiger partial charge is 0.497 e. The Morgan fingerprint density at radius 2 is 2.00 bits per heavy atom. The number of carbonyl (C=O) groups excluding carboxylic acids is 1. The summed E-state index contributed by atoms with van der Waals surface area (Å²) in [6, 6.07) is 10.8. The van der Waals surface area contributed by atoms with E-state index in [1.54, 1.807) is 31.3 Å². The molecule has 1 heterocycles. The van der Waals surface area contributed by atoms with E-state index < -0.39 is 0 Å². The van der Waals surface area contributed by atoms with Gasteiger partial charge in [-0.3, -0.25) is 4.79 Å². The van der Waals surface area contributed by atoms with Crippen molar-refractivity contribution in [3.8, 4) is 17.2 Å². The molecule has 0 aliphatic carbocycles. The third-order valence-corrected chi connectivity index (χ3v) is 3.87. The van der Waals surface area contributed by atoms with Crippen molar-refractivity contribution in [3.05, 3.63) is 47.0 Å². The second-order valence-electron chi connectivity index (χ2n) is 5.07. The zero-order valence-corrected chi connectivity index (χ0v) is 13.6. The Labute approximate surface area is 139 Å². The zero-order valence-electron chi connectivity index (χ0n) is 12.8. The first-order valence-electron chi connectivity index (χ1n) is 7.06. The third kappa shape index (κ3) is 3.05. The van der Waals surface area contributed by atoms with Crippen LogP contribution >= 0.6 is 11.6 Å². The summed E-state index contributed by atoms with van der Waals surface area (Å²) in [6.07, 6.45) is 0. The lowest BCUT2D eigenvalue weighted by Gasteiger charge is -2.20. The number of amides is 1. The molecule has 1 amide bonds. The highest BCUT2D eigenvalue weighted by molar-refractivity contribution is 6.30. The van der Waals surface area contributed by atoms with E-state index in [9.17, 15) is 4.79 Å². The first-order chi connectivity index (χ1) is 11.1. The maximum Gasteiger partial charge on any atom is 0.265 e. The van der Waals surface area contributed by atoms with Gasteiger partial charge in [-0.05, 0) is 18.2 Å².